The van der Waals surface area contributed by atoms with Crippen molar-refractivity contribution in [2.75, 3.05) is 0 Å². The van der Waals surface area contributed by atoms with Crippen LogP contribution in [0, 0.1) is 0 Å². The van der Waals surface area contributed by atoms with Gasteiger partial charge in [-0.05, 0) is 17.7 Å². The molecule has 0 fully saturated rings. The molecule has 6 heteroatoms. The highest BCUT2D eigenvalue weighted by Crippen LogP contribution is 2.15. The molecule has 0 saturated heterocycles. The molecule has 2 unspecified atom stereocenters. The highest BCUT2D eigenvalue weighted by Gasteiger charge is 2.08. The predicted octanol–water partition coefficient (Wildman–Crippen LogP) is 1.45. The molecule has 1 aromatic carbocycles. The molecule has 72 valence electrons. The molecule has 4 nitrogen and oxygen atoms in total. The molecule has 0 radical (unpaired) electrons. The van der Waals surface area contributed by atoms with E-state index in [0.29, 0.717) is 10.6 Å². The van der Waals surface area contributed by atoms with Gasteiger partial charge in [0.1, 0.15) is 0 Å². The van der Waals surface area contributed by atoms with Gasteiger partial charge in [0.25, 0.3) is 0 Å². The molecule has 0 aliphatic carbocycles. The molecule has 0 spiro atoms. The normalized spacial score (nSPS) is 15.3. The highest BCUT2D eigenvalue weighted by atomic mass is 35.5. The molecular weight excluding hydrogens is 214 g/mol. The van der Waals surface area contributed by atoms with Crippen molar-refractivity contribution in [3.8, 4) is 0 Å². The monoisotopic (exact) mass is 221 g/mol. The van der Waals surface area contributed by atoms with Gasteiger partial charge < -0.3 is 5.73 Å². The van der Waals surface area contributed by atoms with Gasteiger partial charge in [0, 0.05) is 5.02 Å². The van der Waals surface area contributed by atoms with Crippen LogP contribution in [0.2, 0.25) is 5.02 Å². The van der Waals surface area contributed by atoms with Crippen LogP contribution in [0.1, 0.15) is 11.8 Å². The molecule has 0 aliphatic heterocycles. The lowest BCUT2D eigenvalue weighted by Crippen LogP contribution is -2.15. The average Bonchev–Trinajstić information content (AvgIpc) is 2.04. The summed E-state index contributed by atoms with van der Waals surface area (Å²) in [5, 5.41) is 0.570. The van der Waals surface area contributed by atoms with Gasteiger partial charge in [-0.3, -0.25) is 4.55 Å². The van der Waals surface area contributed by atoms with Crippen LogP contribution in [-0.4, -0.2) is 8.76 Å². The van der Waals surface area contributed by atoms with Crippen LogP contribution in [0.3, 0.4) is 0 Å². The van der Waals surface area contributed by atoms with Crippen LogP contribution in [0.15, 0.2) is 24.3 Å². The Morgan fingerprint density at radius 3 is 2.46 bits per heavy atom. The van der Waals surface area contributed by atoms with Crippen molar-refractivity contribution < 1.29 is 12.9 Å². The lowest BCUT2D eigenvalue weighted by atomic mass is 10.2. The summed E-state index contributed by atoms with van der Waals surface area (Å²) in [7, 11) is 0. The number of rotatable bonds is 3. The maximum Gasteiger partial charge on any atom is 0.303 e. The Morgan fingerprint density at radius 2 is 2.00 bits per heavy atom. The van der Waals surface area contributed by atoms with E-state index in [2.05, 4.69) is 4.18 Å². The SMILES string of the molecule is NC(OS(=O)O)c1ccc(Cl)cc1. The summed E-state index contributed by atoms with van der Waals surface area (Å²) in [5.41, 5.74) is 6.02. The number of nitrogens with two attached hydrogens (primary N) is 1. The van der Waals surface area contributed by atoms with Gasteiger partial charge in [0.05, 0.1) is 0 Å². The molecule has 3 N–H and O–H groups in total. The summed E-state index contributed by atoms with van der Waals surface area (Å²) in [6.07, 6.45) is -0.914. The maximum absolute atomic E-state index is 10.2. The van der Waals surface area contributed by atoms with E-state index in [-0.39, 0.29) is 0 Å². The van der Waals surface area contributed by atoms with E-state index in [1.807, 2.05) is 0 Å². The molecule has 1 rings (SSSR count). The van der Waals surface area contributed by atoms with Gasteiger partial charge in [-0.25, -0.2) is 4.18 Å². The predicted molar refractivity (Wildman–Crippen MR) is 50.2 cm³/mol. The minimum Gasteiger partial charge on any atom is -0.301 e. The maximum atomic E-state index is 10.2. The van der Waals surface area contributed by atoms with Gasteiger partial charge in [-0.2, -0.15) is 4.21 Å². The van der Waals surface area contributed by atoms with Crippen LogP contribution in [0.4, 0.5) is 0 Å². The van der Waals surface area contributed by atoms with E-state index in [9.17, 15) is 4.21 Å². The van der Waals surface area contributed by atoms with Crippen molar-refractivity contribution in [1.29, 1.82) is 0 Å². The van der Waals surface area contributed by atoms with Gasteiger partial charge >= 0.3 is 11.4 Å². The quantitative estimate of drug-likeness (QED) is 0.599. The molecule has 0 amide bonds. The van der Waals surface area contributed by atoms with Gasteiger partial charge in [-0.15, -0.1) is 0 Å². The first-order valence-corrected chi connectivity index (χ1v) is 4.79. The lowest BCUT2D eigenvalue weighted by Gasteiger charge is -2.08. The van der Waals surface area contributed by atoms with Crippen LogP contribution < -0.4 is 5.73 Å². The van der Waals surface area contributed by atoms with Crippen molar-refractivity contribution in [1.82, 2.24) is 0 Å². The summed E-state index contributed by atoms with van der Waals surface area (Å²) in [6, 6.07) is 6.50. The minimum atomic E-state index is -2.36. The van der Waals surface area contributed by atoms with Crippen molar-refractivity contribution in [3.63, 3.8) is 0 Å². The summed E-state index contributed by atoms with van der Waals surface area (Å²) in [5.74, 6) is 0. The third-order valence-electron chi connectivity index (χ3n) is 1.38. The second-order valence-electron chi connectivity index (χ2n) is 2.29. The van der Waals surface area contributed by atoms with E-state index >= 15 is 0 Å². The van der Waals surface area contributed by atoms with Crippen LogP contribution in [0.25, 0.3) is 0 Å². The standard InChI is InChI=1S/C7H8ClNO3S/c8-6-3-1-5(2-4-6)7(9)12-13(10)11/h1-4,7H,9H2,(H,10,11). The Morgan fingerprint density at radius 1 is 1.46 bits per heavy atom. The van der Waals surface area contributed by atoms with E-state index in [1.54, 1.807) is 24.3 Å². The minimum absolute atomic E-state index is 0.570. The second kappa shape index (κ2) is 4.69. The molecular formula is C7H8ClNO3S. The smallest absolute Gasteiger partial charge is 0.301 e. The topological polar surface area (TPSA) is 72.5 Å². The summed E-state index contributed by atoms with van der Waals surface area (Å²) in [4.78, 5) is 0. The number of hydrogen-bond acceptors (Lipinski definition) is 3. The number of benzene rings is 1. The zero-order chi connectivity index (χ0) is 9.84. The third-order valence-corrected chi connectivity index (χ3v) is 2.01. The first-order valence-electron chi connectivity index (χ1n) is 3.38. The molecule has 0 heterocycles. The van der Waals surface area contributed by atoms with E-state index < -0.39 is 17.6 Å². The fraction of sp³-hybridized carbons (Fsp3) is 0.143. The molecule has 0 saturated carbocycles. The van der Waals surface area contributed by atoms with E-state index in [4.69, 9.17) is 21.9 Å². The van der Waals surface area contributed by atoms with Crippen LogP contribution >= 0.6 is 11.6 Å². The Hall–Kier alpha value is -0.460. The molecule has 2 atom stereocenters. The van der Waals surface area contributed by atoms with Gasteiger partial charge in [0.2, 0.25) is 0 Å². The van der Waals surface area contributed by atoms with E-state index in [1.165, 1.54) is 0 Å². The molecule has 1 aromatic rings. The van der Waals surface area contributed by atoms with E-state index in [0.717, 1.165) is 0 Å². The summed E-state index contributed by atoms with van der Waals surface area (Å²) < 4.78 is 23.1. The van der Waals surface area contributed by atoms with Crippen molar-refractivity contribution in [2.45, 2.75) is 6.23 Å². The molecule has 13 heavy (non-hydrogen) atoms. The Kier molecular flexibility index (Phi) is 3.83. The zero-order valence-electron chi connectivity index (χ0n) is 6.51. The summed E-state index contributed by atoms with van der Waals surface area (Å²) >= 11 is 3.27. The Labute approximate surface area is 83.1 Å². The molecule has 0 aliphatic rings. The van der Waals surface area contributed by atoms with Gasteiger partial charge in [-0.1, -0.05) is 23.7 Å². The summed E-state index contributed by atoms with van der Waals surface area (Å²) in [6.45, 7) is 0. The first-order chi connectivity index (χ1) is 6.09. The van der Waals surface area contributed by atoms with Gasteiger partial charge in [0.15, 0.2) is 6.23 Å². The number of halogens is 1. The highest BCUT2D eigenvalue weighted by molar-refractivity contribution is 7.74. The fourth-order valence-electron chi connectivity index (χ4n) is 0.797. The average molecular weight is 222 g/mol. The van der Waals surface area contributed by atoms with Crippen molar-refractivity contribution in [3.05, 3.63) is 34.9 Å². The van der Waals surface area contributed by atoms with Crippen molar-refractivity contribution >= 4 is 23.0 Å². The van der Waals surface area contributed by atoms with Crippen molar-refractivity contribution in [2.24, 2.45) is 5.73 Å². The Bertz CT molecular complexity index is 303. The fourth-order valence-corrected chi connectivity index (χ4v) is 1.21. The lowest BCUT2D eigenvalue weighted by molar-refractivity contribution is 0.215. The number of hydrogen-bond donors (Lipinski definition) is 2. The molecule has 0 aromatic heterocycles. The molecule has 0 bridgehead atoms. The zero-order valence-corrected chi connectivity index (χ0v) is 8.09. The first kappa shape index (κ1) is 10.6. The second-order valence-corrected chi connectivity index (χ2v) is 3.35. The Balaban J connectivity index is 2.71. The van der Waals surface area contributed by atoms with Crippen LogP contribution in [-0.2, 0) is 15.5 Å². The third kappa shape index (κ3) is 3.41. The largest absolute Gasteiger partial charge is 0.303 e. The van der Waals surface area contributed by atoms with Crippen LogP contribution in [0.5, 0.6) is 0 Å².